The molecule has 1 heteroatoms. The topological polar surface area (TPSA) is 9.23 Å². The van der Waals surface area contributed by atoms with Gasteiger partial charge < -0.3 is 4.74 Å². The quantitative estimate of drug-likeness (QED) is 0.518. The Morgan fingerprint density at radius 3 is 2.70 bits per heavy atom. The molecule has 0 saturated heterocycles. The molecule has 0 aliphatic heterocycles. The molecule has 0 unspecified atom stereocenters. The van der Waals surface area contributed by atoms with Crippen molar-refractivity contribution < 1.29 is 4.74 Å². The Bertz CT molecular complexity index is 76.8. The maximum absolute atomic E-state index is 5.36. The Hall–Kier alpha value is -0.0400. The van der Waals surface area contributed by atoms with E-state index in [4.69, 9.17) is 4.74 Å². The van der Waals surface area contributed by atoms with Gasteiger partial charge in [-0.2, -0.15) is 0 Å². The molecular weight excluding hydrogens is 124 g/mol. The van der Waals surface area contributed by atoms with Crippen LogP contribution in [0.1, 0.15) is 39.0 Å². The van der Waals surface area contributed by atoms with Crippen molar-refractivity contribution in [2.24, 2.45) is 5.92 Å². The van der Waals surface area contributed by atoms with Crippen molar-refractivity contribution in [1.29, 1.82) is 0 Å². The molecule has 1 fully saturated rings. The molecule has 0 aromatic carbocycles. The molecule has 1 rings (SSSR count). The van der Waals surface area contributed by atoms with Gasteiger partial charge in [-0.25, -0.2) is 0 Å². The van der Waals surface area contributed by atoms with Crippen LogP contribution in [-0.4, -0.2) is 13.2 Å². The summed E-state index contributed by atoms with van der Waals surface area (Å²) < 4.78 is 5.36. The molecular formula is C9H18O. The first kappa shape index (κ1) is 8.06. The van der Waals surface area contributed by atoms with Crippen LogP contribution in [0.4, 0.5) is 0 Å². The molecule has 0 bridgehead atoms. The van der Waals surface area contributed by atoms with Gasteiger partial charge in [-0.05, 0) is 25.2 Å². The second kappa shape index (κ2) is 4.73. The maximum Gasteiger partial charge on any atom is 0.0466 e. The van der Waals surface area contributed by atoms with Crippen LogP contribution >= 0.6 is 0 Å². The molecule has 0 aromatic heterocycles. The minimum absolute atomic E-state index is 0.949. The molecule has 0 heterocycles. The van der Waals surface area contributed by atoms with Crippen molar-refractivity contribution in [1.82, 2.24) is 0 Å². The zero-order chi connectivity index (χ0) is 7.23. The van der Waals surface area contributed by atoms with Crippen LogP contribution in [0, 0.1) is 5.92 Å². The molecule has 0 spiro atoms. The van der Waals surface area contributed by atoms with Crippen LogP contribution in [0.3, 0.4) is 0 Å². The van der Waals surface area contributed by atoms with Crippen molar-refractivity contribution >= 4 is 0 Å². The largest absolute Gasteiger partial charge is 0.381 e. The normalized spacial score (nSPS) is 17.7. The van der Waals surface area contributed by atoms with Gasteiger partial charge >= 0.3 is 0 Å². The van der Waals surface area contributed by atoms with Gasteiger partial charge in [-0.1, -0.05) is 19.8 Å². The zero-order valence-corrected chi connectivity index (χ0v) is 6.94. The van der Waals surface area contributed by atoms with Crippen LogP contribution in [0.5, 0.6) is 0 Å². The summed E-state index contributed by atoms with van der Waals surface area (Å²) in [5, 5.41) is 0. The van der Waals surface area contributed by atoms with Gasteiger partial charge in [-0.3, -0.25) is 0 Å². The SMILES string of the molecule is CCCOCCCC1CC1. The van der Waals surface area contributed by atoms with Crippen molar-refractivity contribution in [2.45, 2.75) is 39.0 Å². The van der Waals surface area contributed by atoms with Gasteiger partial charge in [0.05, 0.1) is 0 Å². The van der Waals surface area contributed by atoms with Crippen LogP contribution in [-0.2, 0) is 4.74 Å². The summed E-state index contributed by atoms with van der Waals surface area (Å²) in [4.78, 5) is 0. The van der Waals surface area contributed by atoms with Crippen molar-refractivity contribution in [2.75, 3.05) is 13.2 Å². The minimum Gasteiger partial charge on any atom is -0.381 e. The summed E-state index contributed by atoms with van der Waals surface area (Å²) in [5.41, 5.74) is 0. The number of ether oxygens (including phenoxy) is 1. The fourth-order valence-corrected chi connectivity index (χ4v) is 1.13. The average Bonchev–Trinajstić information content (AvgIpc) is 2.71. The third-order valence-electron chi connectivity index (χ3n) is 1.95. The van der Waals surface area contributed by atoms with E-state index in [9.17, 15) is 0 Å². The lowest BCUT2D eigenvalue weighted by atomic mass is 10.2. The van der Waals surface area contributed by atoms with Gasteiger partial charge in [0.25, 0.3) is 0 Å². The van der Waals surface area contributed by atoms with E-state index in [2.05, 4.69) is 6.92 Å². The Morgan fingerprint density at radius 2 is 2.10 bits per heavy atom. The highest BCUT2D eigenvalue weighted by atomic mass is 16.5. The third kappa shape index (κ3) is 3.89. The van der Waals surface area contributed by atoms with Gasteiger partial charge in [0.15, 0.2) is 0 Å². The summed E-state index contributed by atoms with van der Waals surface area (Å²) in [7, 11) is 0. The molecule has 0 atom stereocenters. The Kier molecular flexibility index (Phi) is 3.81. The lowest BCUT2D eigenvalue weighted by Gasteiger charge is -2.00. The predicted octanol–water partition coefficient (Wildman–Crippen LogP) is 2.60. The highest BCUT2D eigenvalue weighted by molar-refractivity contribution is 4.72. The first-order valence-electron chi connectivity index (χ1n) is 4.51. The standard InChI is InChI=1S/C9H18O/c1-2-7-10-8-3-4-9-5-6-9/h9H,2-8H2,1H3. The fraction of sp³-hybridized carbons (Fsp3) is 1.00. The maximum atomic E-state index is 5.36. The Balaban J connectivity index is 1.68. The van der Waals surface area contributed by atoms with Crippen LogP contribution in [0.25, 0.3) is 0 Å². The highest BCUT2D eigenvalue weighted by Crippen LogP contribution is 2.33. The van der Waals surface area contributed by atoms with E-state index in [1.54, 1.807) is 0 Å². The van der Waals surface area contributed by atoms with Crippen molar-refractivity contribution in [3.8, 4) is 0 Å². The summed E-state index contributed by atoms with van der Waals surface area (Å²) in [5.74, 6) is 1.07. The monoisotopic (exact) mass is 142 g/mol. The van der Waals surface area contributed by atoms with E-state index in [0.717, 1.165) is 25.6 Å². The molecule has 1 aliphatic carbocycles. The molecule has 0 aromatic rings. The van der Waals surface area contributed by atoms with Crippen molar-refractivity contribution in [3.05, 3.63) is 0 Å². The number of hydrogen-bond donors (Lipinski definition) is 0. The van der Waals surface area contributed by atoms with E-state index >= 15 is 0 Å². The molecule has 1 aliphatic rings. The molecule has 0 amide bonds. The lowest BCUT2D eigenvalue weighted by Crippen LogP contribution is -1.95. The van der Waals surface area contributed by atoms with Crippen LogP contribution in [0.15, 0.2) is 0 Å². The average molecular weight is 142 g/mol. The summed E-state index contributed by atoms with van der Waals surface area (Å²) in [6, 6.07) is 0. The minimum atomic E-state index is 0.949. The molecule has 10 heavy (non-hydrogen) atoms. The van der Waals surface area contributed by atoms with Crippen molar-refractivity contribution in [3.63, 3.8) is 0 Å². The van der Waals surface area contributed by atoms with Gasteiger partial charge in [0.2, 0.25) is 0 Å². The Morgan fingerprint density at radius 1 is 1.30 bits per heavy atom. The summed E-state index contributed by atoms with van der Waals surface area (Å²) >= 11 is 0. The Labute approximate surface area is 63.8 Å². The first-order valence-corrected chi connectivity index (χ1v) is 4.51. The molecule has 1 nitrogen and oxygen atoms in total. The first-order chi connectivity index (χ1) is 4.93. The molecule has 60 valence electrons. The lowest BCUT2D eigenvalue weighted by molar-refractivity contribution is 0.130. The third-order valence-corrected chi connectivity index (χ3v) is 1.95. The smallest absolute Gasteiger partial charge is 0.0466 e. The number of rotatable bonds is 6. The summed E-state index contributed by atoms with van der Waals surface area (Å²) in [6.45, 7) is 4.09. The highest BCUT2D eigenvalue weighted by Gasteiger charge is 2.19. The van der Waals surface area contributed by atoms with E-state index in [-0.39, 0.29) is 0 Å². The zero-order valence-electron chi connectivity index (χ0n) is 6.94. The number of hydrogen-bond acceptors (Lipinski definition) is 1. The van der Waals surface area contributed by atoms with E-state index in [0.29, 0.717) is 0 Å². The van der Waals surface area contributed by atoms with Gasteiger partial charge in [-0.15, -0.1) is 0 Å². The van der Waals surface area contributed by atoms with Gasteiger partial charge in [0.1, 0.15) is 0 Å². The predicted molar refractivity (Wildman–Crippen MR) is 43.1 cm³/mol. The van der Waals surface area contributed by atoms with Gasteiger partial charge in [0, 0.05) is 13.2 Å². The summed E-state index contributed by atoms with van der Waals surface area (Å²) in [6.07, 6.45) is 6.80. The fourth-order valence-electron chi connectivity index (χ4n) is 1.13. The van der Waals surface area contributed by atoms with E-state index in [1.807, 2.05) is 0 Å². The molecule has 0 N–H and O–H groups in total. The van der Waals surface area contributed by atoms with E-state index < -0.39 is 0 Å². The van der Waals surface area contributed by atoms with E-state index in [1.165, 1.54) is 25.7 Å². The second-order valence-electron chi connectivity index (χ2n) is 3.20. The van der Waals surface area contributed by atoms with Crippen LogP contribution in [0.2, 0.25) is 0 Å². The molecule has 1 saturated carbocycles. The second-order valence-corrected chi connectivity index (χ2v) is 3.20. The molecule has 0 radical (unpaired) electrons. The van der Waals surface area contributed by atoms with Crippen LogP contribution < -0.4 is 0 Å².